The van der Waals surface area contributed by atoms with E-state index < -0.39 is 5.60 Å². The highest BCUT2D eigenvalue weighted by molar-refractivity contribution is 7.10. The van der Waals surface area contributed by atoms with Crippen LogP contribution in [0.15, 0.2) is 11.4 Å². The Bertz CT molecular complexity index is 549. The van der Waals surface area contributed by atoms with Crippen LogP contribution in [0.25, 0.3) is 0 Å². The zero-order valence-corrected chi connectivity index (χ0v) is 16.5. The van der Waals surface area contributed by atoms with Crippen LogP contribution < -0.4 is 0 Å². The first kappa shape index (κ1) is 19.3. The fraction of sp³-hybridized carbons (Fsp3) is 0.737. The first-order valence-corrected chi connectivity index (χ1v) is 9.71. The summed E-state index contributed by atoms with van der Waals surface area (Å²) in [4.78, 5) is 15.6. The number of amides is 1. The van der Waals surface area contributed by atoms with Gasteiger partial charge in [0.2, 0.25) is 0 Å². The van der Waals surface area contributed by atoms with Crippen molar-refractivity contribution in [3.63, 3.8) is 0 Å². The summed E-state index contributed by atoms with van der Waals surface area (Å²) in [6.07, 6.45) is 2.87. The van der Waals surface area contributed by atoms with E-state index in [1.54, 1.807) is 11.3 Å². The van der Waals surface area contributed by atoms with Crippen molar-refractivity contribution in [3.05, 3.63) is 21.9 Å². The van der Waals surface area contributed by atoms with Crippen molar-refractivity contribution in [2.75, 3.05) is 26.3 Å². The molecule has 24 heavy (non-hydrogen) atoms. The molecule has 2 rings (SSSR count). The van der Waals surface area contributed by atoms with E-state index in [-0.39, 0.29) is 11.5 Å². The first-order chi connectivity index (χ1) is 11.2. The molecule has 1 unspecified atom stereocenters. The summed E-state index contributed by atoms with van der Waals surface area (Å²) in [5.41, 5.74) is 0.989. The minimum absolute atomic E-state index is 0.0444. The topological polar surface area (TPSA) is 38.8 Å². The van der Waals surface area contributed by atoms with Crippen LogP contribution in [0.1, 0.15) is 51.0 Å². The Kier molecular flexibility index (Phi) is 6.32. The lowest BCUT2D eigenvalue weighted by Gasteiger charge is -2.30. The van der Waals surface area contributed by atoms with Crippen molar-refractivity contribution in [1.82, 2.24) is 4.90 Å². The molecule has 1 fully saturated rings. The second-order valence-corrected chi connectivity index (χ2v) is 8.97. The zero-order chi connectivity index (χ0) is 17.8. The molecule has 0 saturated carbocycles. The molecule has 0 aliphatic carbocycles. The molecule has 1 atom stereocenters. The fourth-order valence-electron chi connectivity index (χ4n) is 3.17. The Morgan fingerprint density at radius 2 is 2.17 bits per heavy atom. The summed E-state index contributed by atoms with van der Waals surface area (Å²) >= 11 is 1.80. The second-order valence-electron chi connectivity index (χ2n) is 7.85. The second kappa shape index (κ2) is 7.87. The Balaban J connectivity index is 1.99. The summed E-state index contributed by atoms with van der Waals surface area (Å²) in [6.45, 7) is 12.8. The van der Waals surface area contributed by atoms with Gasteiger partial charge in [-0.3, -0.25) is 0 Å². The van der Waals surface area contributed by atoms with Crippen molar-refractivity contribution >= 4 is 17.4 Å². The third kappa shape index (κ3) is 5.49. The molecule has 0 radical (unpaired) electrons. The normalized spacial score (nSPS) is 21.3. The fourth-order valence-corrected chi connectivity index (χ4v) is 3.91. The molecule has 1 amide bonds. The SMILES string of the molecule is CCOCC1(CCc2csc(C)c2)CCN(C(=O)OC(C)(C)C)C1. The van der Waals surface area contributed by atoms with Gasteiger partial charge in [-0.15, -0.1) is 11.3 Å². The average Bonchev–Trinajstić information content (AvgIpc) is 3.09. The van der Waals surface area contributed by atoms with Crippen molar-refractivity contribution in [2.45, 2.75) is 59.5 Å². The van der Waals surface area contributed by atoms with Crippen LogP contribution in [-0.4, -0.2) is 42.9 Å². The van der Waals surface area contributed by atoms with Crippen LogP contribution in [0.3, 0.4) is 0 Å². The number of rotatable bonds is 6. The Morgan fingerprint density at radius 3 is 2.75 bits per heavy atom. The molecular weight excluding hydrogens is 322 g/mol. The third-order valence-electron chi connectivity index (χ3n) is 4.43. The van der Waals surface area contributed by atoms with Crippen LogP contribution in [-0.2, 0) is 15.9 Å². The number of aryl methyl sites for hydroxylation is 2. The van der Waals surface area contributed by atoms with E-state index in [4.69, 9.17) is 9.47 Å². The Labute approximate surface area is 150 Å². The van der Waals surface area contributed by atoms with E-state index in [2.05, 4.69) is 18.4 Å². The van der Waals surface area contributed by atoms with E-state index in [1.165, 1.54) is 10.4 Å². The van der Waals surface area contributed by atoms with Gasteiger partial charge >= 0.3 is 6.09 Å². The Hall–Kier alpha value is -1.07. The molecule has 1 aliphatic heterocycles. The summed E-state index contributed by atoms with van der Waals surface area (Å²) in [7, 11) is 0. The maximum Gasteiger partial charge on any atom is 0.410 e. The predicted octanol–water partition coefficient (Wildman–Crippen LogP) is 4.65. The van der Waals surface area contributed by atoms with Gasteiger partial charge in [0.25, 0.3) is 0 Å². The van der Waals surface area contributed by atoms with Gasteiger partial charge in [-0.25, -0.2) is 4.79 Å². The van der Waals surface area contributed by atoms with Gasteiger partial charge in [0.05, 0.1) is 6.61 Å². The first-order valence-electron chi connectivity index (χ1n) is 8.83. The summed E-state index contributed by atoms with van der Waals surface area (Å²) in [6, 6.07) is 2.26. The molecule has 4 nitrogen and oxygen atoms in total. The van der Waals surface area contributed by atoms with Crippen LogP contribution in [0.5, 0.6) is 0 Å². The van der Waals surface area contributed by atoms with Crippen molar-refractivity contribution in [3.8, 4) is 0 Å². The minimum atomic E-state index is -0.448. The molecular formula is C19H31NO3S. The van der Waals surface area contributed by atoms with E-state index in [9.17, 15) is 4.79 Å². The largest absolute Gasteiger partial charge is 0.444 e. The molecule has 1 saturated heterocycles. The number of hydrogen-bond acceptors (Lipinski definition) is 4. The highest BCUT2D eigenvalue weighted by Crippen LogP contribution is 2.36. The molecule has 0 N–H and O–H groups in total. The van der Waals surface area contributed by atoms with Crippen LogP contribution in [0, 0.1) is 12.3 Å². The van der Waals surface area contributed by atoms with E-state index in [0.717, 1.165) is 32.4 Å². The van der Waals surface area contributed by atoms with Crippen LogP contribution >= 0.6 is 11.3 Å². The number of carbonyl (C=O) groups excluding carboxylic acids is 1. The van der Waals surface area contributed by atoms with Crippen LogP contribution in [0.4, 0.5) is 4.79 Å². The molecule has 0 bridgehead atoms. The van der Waals surface area contributed by atoms with Gasteiger partial charge in [-0.2, -0.15) is 0 Å². The van der Waals surface area contributed by atoms with E-state index in [0.29, 0.717) is 13.2 Å². The maximum absolute atomic E-state index is 12.4. The zero-order valence-electron chi connectivity index (χ0n) is 15.7. The van der Waals surface area contributed by atoms with E-state index >= 15 is 0 Å². The maximum atomic E-state index is 12.4. The average molecular weight is 354 g/mol. The molecule has 1 aromatic rings. The smallest absolute Gasteiger partial charge is 0.410 e. The highest BCUT2D eigenvalue weighted by Gasteiger charge is 2.41. The van der Waals surface area contributed by atoms with Crippen molar-refractivity contribution < 1.29 is 14.3 Å². The lowest BCUT2D eigenvalue weighted by atomic mass is 9.82. The van der Waals surface area contributed by atoms with Crippen molar-refractivity contribution in [1.29, 1.82) is 0 Å². The number of carbonyl (C=O) groups is 1. The number of likely N-dealkylation sites (tertiary alicyclic amines) is 1. The summed E-state index contributed by atoms with van der Waals surface area (Å²) in [5.74, 6) is 0. The van der Waals surface area contributed by atoms with Gasteiger partial charge in [0.15, 0.2) is 0 Å². The van der Waals surface area contributed by atoms with Crippen LogP contribution in [0.2, 0.25) is 0 Å². The van der Waals surface area contributed by atoms with Crippen molar-refractivity contribution in [2.24, 2.45) is 5.41 Å². The third-order valence-corrected chi connectivity index (χ3v) is 5.34. The van der Waals surface area contributed by atoms with Gasteiger partial charge in [0, 0.05) is 30.0 Å². The molecule has 5 heteroatoms. The molecule has 0 spiro atoms. The number of thiophene rings is 1. The molecule has 2 heterocycles. The number of ether oxygens (including phenoxy) is 2. The lowest BCUT2D eigenvalue weighted by molar-refractivity contribution is 0.0196. The monoisotopic (exact) mass is 353 g/mol. The van der Waals surface area contributed by atoms with Gasteiger partial charge < -0.3 is 14.4 Å². The molecule has 0 aromatic carbocycles. The predicted molar refractivity (Wildman–Crippen MR) is 98.7 cm³/mol. The summed E-state index contributed by atoms with van der Waals surface area (Å²) in [5, 5.41) is 2.24. The Morgan fingerprint density at radius 1 is 1.42 bits per heavy atom. The molecule has 1 aromatic heterocycles. The number of nitrogens with zero attached hydrogens (tertiary/aromatic N) is 1. The molecule has 136 valence electrons. The highest BCUT2D eigenvalue weighted by atomic mass is 32.1. The van der Waals surface area contributed by atoms with Gasteiger partial charge in [0.1, 0.15) is 5.60 Å². The lowest BCUT2D eigenvalue weighted by Crippen LogP contribution is -2.38. The standard InChI is InChI=1S/C19H31NO3S/c1-6-22-14-19(8-7-16-11-15(2)24-12-16)9-10-20(13-19)17(21)23-18(3,4)5/h11-12H,6-10,13-14H2,1-5H3. The van der Waals surface area contributed by atoms with Gasteiger partial charge in [-0.1, -0.05) is 0 Å². The minimum Gasteiger partial charge on any atom is -0.444 e. The summed E-state index contributed by atoms with van der Waals surface area (Å²) < 4.78 is 11.3. The quantitative estimate of drug-likeness (QED) is 0.747. The van der Waals surface area contributed by atoms with E-state index in [1.807, 2.05) is 32.6 Å². The number of hydrogen-bond donors (Lipinski definition) is 0. The molecule has 1 aliphatic rings. The van der Waals surface area contributed by atoms with Gasteiger partial charge in [-0.05, 0) is 70.9 Å².